The number of nitrogens with one attached hydrogen (secondary N) is 2. The van der Waals surface area contributed by atoms with Crippen molar-refractivity contribution in [2.75, 3.05) is 24.9 Å². The minimum absolute atomic E-state index is 0.255. The number of hydrogen-bond donors (Lipinski definition) is 2. The van der Waals surface area contributed by atoms with Gasteiger partial charge in [0.2, 0.25) is 0 Å². The van der Waals surface area contributed by atoms with E-state index in [2.05, 4.69) is 20.4 Å². The molecule has 0 saturated heterocycles. The van der Waals surface area contributed by atoms with Crippen molar-refractivity contribution in [2.45, 2.75) is 0 Å². The highest BCUT2D eigenvalue weighted by Crippen LogP contribution is 2.19. The number of ether oxygens (including phenoxy) is 2. The van der Waals surface area contributed by atoms with E-state index in [0.29, 0.717) is 22.7 Å². The van der Waals surface area contributed by atoms with Gasteiger partial charge in [0.1, 0.15) is 11.6 Å². The molecule has 142 valence electrons. The maximum Gasteiger partial charge on any atom is 0.337 e. The van der Waals surface area contributed by atoms with Gasteiger partial charge in [-0.3, -0.25) is 4.79 Å². The third kappa shape index (κ3) is 4.64. The summed E-state index contributed by atoms with van der Waals surface area (Å²) >= 11 is 0. The molecule has 0 aliphatic carbocycles. The van der Waals surface area contributed by atoms with Gasteiger partial charge >= 0.3 is 5.97 Å². The van der Waals surface area contributed by atoms with Crippen LogP contribution in [0.15, 0.2) is 66.9 Å². The summed E-state index contributed by atoms with van der Waals surface area (Å²) in [4.78, 5) is 27.9. The molecular formula is C21H19N3O4. The molecule has 0 spiro atoms. The molecule has 3 aromatic rings. The molecule has 0 bridgehead atoms. The topological polar surface area (TPSA) is 89.6 Å². The second-order valence-corrected chi connectivity index (χ2v) is 5.81. The zero-order valence-corrected chi connectivity index (χ0v) is 15.4. The first-order valence-corrected chi connectivity index (χ1v) is 8.46. The minimum atomic E-state index is -0.384. The van der Waals surface area contributed by atoms with E-state index >= 15 is 0 Å². The molecule has 0 saturated carbocycles. The van der Waals surface area contributed by atoms with E-state index in [1.54, 1.807) is 74.0 Å². The number of hydrogen-bond acceptors (Lipinski definition) is 6. The number of carbonyl (C=O) groups is 2. The number of methoxy groups -OCH3 is 2. The van der Waals surface area contributed by atoms with Crippen LogP contribution in [0.4, 0.5) is 17.2 Å². The van der Waals surface area contributed by atoms with Crippen molar-refractivity contribution in [1.82, 2.24) is 4.98 Å². The molecular weight excluding hydrogens is 358 g/mol. The summed E-state index contributed by atoms with van der Waals surface area (Å²) in [6.45, 7) is 0. The van der Waals surface area contributed by atoms with E-state index in [0.717, 1.165) is 11.4 Å². The number of carbonyl (C=O) groups excluding carboxylic acids is 2. The summed E-state index contributed by atoms with van der Waals surface area (Å²) in [5.41, 5.74) is 2.52. The summed E-state index contributed by atoms with van der Waals surface area (Å²) in [5.74, 6) is 0.483. The van der Waals surface area contributed by atoms with E-state index in [9.17, 15) is 9.59 Å². The van der Waals surface area contributed by atoms with Gasteiger partial charge in [0.25, 0.3) is 5.91 Å². The molecule has 2 N–H and O–H groups in total. The Labute approximate surface area is 162 Å². The minimum Gasteiger partial charge on any atom is -0.497 e. The fourth-order valence-electron chi connectivity index (χ4n) is 2.45. The maximum atomic E-state index is 12.3. The Morgan fingerprint density at radius 2 is 1.46 bits per heavy atom. The van der Waals surface area contributed by atoms with Gasteiger partial charge in [0, 0.05) is 11.3 Å². The lowest BCUT2D eigenvalue weighted by atomic mass is 10.2. The lowest BCUT2D eigenvalue weighted by Crippen LogP contribution is -2.12. The molecule has 28 heavy (non-hydrogen) atoms. The molecule has 1 aromatic heterocycles. The van der Waals surface area contributed by atoms with Crippen LogP contribution in [0.25, 0.3) is 0 Å². The summed E-state index contributed by atoms with van der Waals surface area (Å²) in [6.07, 6.45) is 1.61. The molecule has 1 heterocycles. The van der Waals surface area contributed by atoms with Crippen molar-refractivity contribution in [3.63, 3.8) is 0 Å². The lowest BCUT2D eigenvalue weighted by molar-refractivity contribution is 0.0600. The Morgan fingerprint density at radius 3 is 2.04 bits per heavy atom. The summed E-state index contributed by atoms with van der Waals surface area (Å²) in [5, 5.41) is 5.91. The second-order valence-electron chi connectivity index (χ2n) is 5.81. The highest BCUT2D eigenvalue weighted by atomic mass is 16.5. The molecule has 0 aliphatic heterocycles. The van der Waals surface area contributed by atoms with Crippen LogP contribution >= 0.6 is 0 Å². The van der Waals surface area contributed by atoms with Crippen molar-refractivity contribution >= 4 is 29.1 Å². The lowest BCUT2D eigenvalue weighted by Gasteiger charge is -2.09. The number of esters is 1. The number of benzene rings is 2. The number of pyridine rings is 1. The maximum absolute atomic E-state index is 12.3. The first-order valence-electron chi connectivity index (χ1n) is 8.46. The van der Waals surface area contributed by atoms with Crippen molar-refractivity contribution in [3.05, 3.63) is 78.0 Å². The first-order chi connectivity index (χ1) is 13.6. The van der Waals surface area contributed by atoms with Crippen LogP contribution in [0.2, 0.25) is 0 Å². The molecule has 0 aliphatic rings. The van der Waals surface area contributed by atoms with Crippen LogP contribution in [-0.2, 0) is 4.74 Å². The van der Waals surface area contributed by atoms with Crippen LogP contribution < -0.4 is 15.4 Å². The normalized spacial score (nSPS) is 10.1. The van der Waals surface area contributed by atoms with Gasteiger partial charge in [-0.25, -0.2) is 9.78 Å². The SMILES string of the molecule is COC(=O)c1ccc(Nc2ccc(NC(=O)c3ccc(OC)cc3)nc2)cc1. The fourth-order valence-corrected chi connectivity index (χ4v) is 2.45. The van der Waals surface area contributed by atoms with Crippen LogP contribution in [0.3, 0.4) is 0 Å². The molecule has 0 fully saturated rings. The monoisotopic (exact) mass is 377 g/mol. The molecule has 2 aromatic carbocycles. The quantitative estimate of drug-likeness (QED) is 0.634. The summed E-state index contributed by atoms with van der Waals surface area (Å²) in [6, 6.07) is 17.2. The largest absolute Gasteiger partial charge is 0.497 e. The van der Waals surface area contributed by atoms with Gasteiger partial charge in [0.15, 0.2) is 0 Å². The highest BCUT2D eigenvalue weighted by Gasteiger charge is 2.08. The molecule has 3 rings (SSSR count). The van der Waals surface area contributed by atoms with Crippen molar-refractivity contribution in [3.8, 4) is 5.75 Å². The number of nitrogens with zero attached hydrogens (tertiary/aromatic N) is 1. The molecule has 1 amide bonds. The Morgan fingerprint density at radius 1 is 0.821 bits per heavy atom. The van der Waals surface area contributed by atoms with E-state index in [-0.39, 0.29) is 11.9 Å². The third-order valence-corrected chi connectivity index (χ3v) is 3.95. The van der Waals surface area contributed by atoms with E-state index < -0.39 is 0 Å². The Hall–Kier alpha value is -3.87. The van der Waals surface area contributed by atoms with Gasteiger partial charge in [-0.05, 0) is 60.7 Å². The third-order valence-electron chi connectivity index (χ3n) is 3.95. The second kappa shape index (κ2) is 8.68. The number of amides is 1. The van der Waals surface area contributed by atoms with Crippen LogP contribution in [0.1, 0.15) is 20.7 Å². The van der Waals surface area contributed by atoms with Gasteiger partial charge in [0.05, 0.1) is 31.7 Å². The van der Waals surface area contributed by atoms with E-state index in [1.165, 1.54) is 7.11 Å². The molecule has 0 atom stereocenters. The Bertz CT molecular complexity index is 952. The summed E-state index contributed by atoms with van der Waals surface area (Å²) < 4.78 is 9.75. The molecule has 7 nitrogen and oxygen atoms in total. The molecule has 0 radical (unpaired) electrons. The van der Waals surface area contributed by atoms with Gasteiger partial charge in [-0.15, -0.1) is 0 Å². The van der Waals surface area contributed by atoms with Crippen LogP contribution in [0.5, 0.6) is 5.75 Å². The molecule has 7 heteroatoms. The van der Waals surface area contributed by atoms with Gasteiger partial charge < -0.3 is 20.1 Å². The highest BCUT2D eigenvalue weighted by molar-refractivity contribution is 6.03. The number of aromatic nitrogens is 1. The van der Waals surface area contributed by atoms with Crippen molar-refractivity contribution in [2.24, 2.45) is 0 Å². The van der Waals surface area contributed by atoms with Crippen molar-refractivity contribution < 1.29 is 19.1 Å². The summed E-state index contributed by atoms with van der Waals surface area (Å²) in [7, 11) is 2.91. The smallest absolute Gasteiger partial charge is 0.337 e. The number of anilines is 3. The van der Waals surface area contributed by atoms with Crippen LogP contribution in [-0.4, -0.2) is 31.1 Å². The Balaban J connectivity index is 1.61. The zero-order valence-electron chi connectivity index (χ0n) is 15.4. The Kier molecular flexibility index (Phi) is 5.86. The standard InChI is InChI=1S/C21H19N3O4/c1-27-18-10-5-14(6-11-18)20(25)24-19-12-9-17(13-22-19)23-16-7-3-15(4-8-16)21(26)28-2/h3-13,23H,1-2H3,(H,22,24,25). The fraction of sp³-hybridized carbons (Fsp3) is 0.0952. The first kappa shape index (κ1) is 18.9. The number of rotatable bonds is 6. The average Bonchev–Trinajstić information content (AvgIpc) is 2.75. The average molecular weight is 377 g/mol. The molecule has 0 unspecified atom stereocenters. The van der Waals surface area contributed by atoms with E-state index in [1.807, 2.05) is 0 Å². The van der Waals surface area contributed by atoms with Crippen LogP contribution in [0, 0.1) is 0 Å². The zero-order chi connectivity index (χ0) is 19.9. The van der Waals surface area contributed by atoms with Crippen molar-refractivity contribution in [1.29, 1.82) is 0 Å². The predicted octanol–water partition coefficient (Wildman–Crippen LogP) is 3.87. The van der Waals surface area contributed by atoms with E-state index in [4.69, 9.17) is 4.74 Å². The van der Waals surface area contributed by atoms with Gasteiger partial charge in [-0.1, -0.05) is 0 Å². The van der Waals surface area contributed by atoms with Gasteiger partial charge in [-0.2, -0.15) is 0 Å². The predicted molar refractivity (Wildman–Crippen MR) is 106 cm³/mol.